The van der Waals surface area contributed by atoms with E-state index in [-0.39, 0.29) is 5.91 Å². The van der Waals surface area contributed by atoms with E-state index in [1.54, 1.807) is 19.2 Å². The van der Waals surface area contributed by atoms with E-state index in [1.807, 2.05) is 42.5 Å². The van der Waals surface area contributed by atoms with Crippen molar-refractivity contribution < 1.29 is 13.9 Å². The molecule has 1 N–H and O–H groups in total. The van der Waals surface area contributed by atoms with Crippen LogP contribution in [0.5, 0.6) is 5.75 Å². The van der Waals surface area contributed by atoms with Crippen LogP contribution in [0.25, 0.3) is 0 Å². The largest absolute Gasteiger partial charge is 0.496 e. The van der Waals surface area contributed by atoms with Crippen LogP contribution in [0.15, 0.2) is 59.0 Å². The molecule has 1 atom stereocenters. The number of hydrogen-bond acceptors (Lipinski definition) is 6. The second kappa shape index (κ2) is 9.43. The highest BCUT2D eigenvalue weighted by molar-refractivity contribution is 5.97. The number of para-hydroxylation sites is 1. The predicted molar refractivity (Wildman–Crippen MR) is 114 cm³/mol. The van der Waals surface area contributed by atoms with E-state index in [0.717, 1.165) is 31.5 Å². The molecular formula is C23H26N4O3. The third kappa shape index (κ3) is 4.62. The fourth-order valence-electron chi connectivity index (χ4n) is 3.70. The standard InChI is InChI=1S/C23H26N4O3/c1-29-20-13-7-6-12-18(20)21(28)24-19(16-17-10-4-2-5-11-17)22-25-26-23(30-22)27-14-8-3-9-15-27/h2,4-7,10-13,19H,3,8-9,14-16H2,1H3,(H,24,28). The summed E-state index contributed by atoms with van der Waals surface area (Å²) in [5.41, 5.74) is 1.54. The third-order valence-corrected chi connectivity index (χ3v) is 5.29. The average molecular weight is 406 g/mol. The van der Waals surface area contributed by atoms with E-state index in [1.165, 1.54) is 6.42 Å². The molecule has 1 aromatic heterocycles. The van der Waals surface area contributed by atoms with Gasteiger partial charge in [-0.3, -0.25) is 4.79 Å². The van der Waals surface area contributed by atoms with Gasteiger partial charge in [0.15, 0.2) is 0 Å². The first-order valence-electron chi connectivity index (χ1n) is 10.3. The summed E-state index contributed by atoms with van der Waals surface area (Å²) in [6.45, 7) is 1.83. The van der Waals surface area contributed by atoms with Crippen LogP contribution in [0.2, 0.25) is 0 Å². The van der Waals surface area contributed by atoms with Crippen LogP contribution in [0.4, 0.5) is 6.01 Å². The van der Waals surface area contributed by atoms with Crippen LogP contribution < -0.4 is 15.0 Å². The molecule has 4 rings (SSSR count). The Labute approximate surface area is 176 Å². The highest BCUT2D eigenvalue weighted by Gasteiger charge is 2.25. The van der Waals surface area contributed by atoms with Crippen molar-refractivity contribution in [1.29, 1.82) is 0 Å². The van der Waals surface area contributed by atoms with Gasteiger partial charge in [-0.2, -0.15) is 0 Å². The van der Waals surface area contributed by atoms with Crippen LogP contribution in [0, 0.1) is 0 Å². The van der Waals surface area contributed by atoms with Crippen LogP contribution in [-0.2, 0) is 6.42 Å². The summed E-state index contributed by atoms with van der Waals surface area (Å²) in [4.78, 5) is 15.1. The molecule has 7 heteroatoms. The molecule has 7 nitrogen and oxygen atoms in total. The second-order valence-corrected chi connectivity index (χ2v) is 7.39. The molecule has 2 heterocycles. The first-order chi connectivity index (χ1) is 14.7. The lowest BCUT2D eigenvalue weighted by atomic mass is 10.1. The van der Waals surface area contributed by atoms with Gasteiger partial charge in [0.1, 0.15) is 11.8 Å². The Morgan fingerprint density at radius 2 is 1.80 bits per heavy atom. The van der Waals surface area contributed by atoms with Crippen molar-refractivity contribution >= 4 is 11.9 Å². The van der Waals surface area contributed by atoms with Gasteiger partial charge in [-0.1, -0.05) is 47.6 Å². The minimum absolute atomic E-state index is 0.244. The van der Waals surface area contributed by atoms with E-state index in [9.17, 15) is 4.79 Å². The molecule has 1 unspecified atom stereocenters. The van der Waals surface area contributed by atoms with Gasteiger partial charge in [0.05, 0.1) is 12.7 Å². The van der Waals surface area contributed by atoms with Crippen molar-refractivity contribution in [2.24, 2.45) is 0 Å². The average Bonchev–Trinajstić information content (AvgIpc) is 3.30. The van der Waals surface area contributed by atoms with Crippen molar-refractivity contribution in [2.75, 3.05) is 25.1 Å². The first kappa shape index (κ1) is 19.9. The molecule has 0 radical (unpaired) electrons. The molecule has 156 valence electrons. The van der Waals surface area contributed by atoms with Gasteiger partial charge >= 0.3 is 6.01 Å². The minimum Gasteiger partial charge on any atom is -0.496 e. The fourth-order valence-corrected chi connectivity index (χ4v) is 3.70. The summed E-state index contributed by atoms with van der Waals surface area (Å²) in [6, 6.07) is 17.2. The van der Waals surface area contributed by atoms with Gasteiger partial charge < -0.3 is 19.4 Å². The molecule has 1 saturated heterocycles. The molecule has 1 aliphatic rings. The lowest BCUT2D eigenvalue weighted by Gasteiger charge is -2.24. The van der Waals surface area contributed by atoms with Crippen LogP contribution >= 0.6 is 0 Å². The molecule has 1 aliphatic heterocycles. The van der Waals surface area contributed by atoms with Crippen molar-refractivity contribution in [3.8, 4) is 5.75 Å². The molecule has 30 heavy (non-hydrogen) atoms. The van der Waals surface area contributed by atoms with Crippen LogP contribution in [0.3, 0.4) is 0 Å². The maximum Gasteiger partial charge on any atom is 0.318 e. The zero-order valence-corrected chi connectivity index (χ0v) is 17.1. The summed E-state index contributed by atoms with van der Waals surface area (Å²) in [6.07, 6.45) is 4.01. The number of rotatable bonds is 7. The number of hydrogen-bond donors (Lipinski definition) is 1. The normalized spacial score (nSPS) is 14.9. The Morgan fingerprint density at radius 3 is 2.57 bits per heavy atom. The zero-order chi connectivity index (χ0) is 20.8. The van der Waals surface area contributed by atoms with Gasteiger partial charge in [0.2, 0.25) is 5.89 Å². The Hall–Kier alpha value is -3.35. The number of aromatic nitrogens is 2. The van der Waals surface area contributed by atoms with Crippen molar-refractivity contribution in [3.63, 3.8) is 0 Å². The molecule has 0 spiro atoms. The number of anilines is 1. The van der Waals surface area contributed by atoms with Crippen molar-refractivity contribution in [2.45, 2.75) is 31.7 Å². The van der Waals surface area contributed by atoms with Crippen LogP contribution in [-0.4, -0.2) is 36.3 Å². The van der Waals surface area contributed by atoms with Gasteiger partial charge in [-0.15, -0.1) is 5.10 Å². The van der Waals surface area contributed by atoms with E-state index in [4.69, 9.17) is 9.15 Å². The minimum atomic E-state index is -0.448. The van der Waals surface area contributed by atoms with Gasteiger partial charge in [-0.25, -0.2) is 0 Å². The number of carbonyl (C=O) groups is 1. The van der Waals surface area contributed by atoms with Gasteiger partial charge in [0.25, 0.3) is 5.91 Å². The third-order valence-electron chi connectivity index (χ3n) is 5.29. The number of ether oxygens (including phenoxy) is 1. The predicted octanol–water partition coefficient (Wildman–Crippen LogP) is 3.78. The summed E-state index contributed by atoms with van der Waals surface area (Å²) in [7, 11) is 1.55. The lowest BCUT2D eigenvalue weighted by molar-refractivity contribution is 0.0927. The molecule has 1 amide bonds. The van der Waals surface area contributed by atoms with E-state index in [0.29, 0.717) is 29.6 Å². The maximum atomic E-state index is 13.0. The maximum absolute atomic E-state index is 13.0. The number of nitrogens with zero attached hydrogens (tertiary/aromatic N) is 3. The smallest absolute Gasteiger partial charge is 0.318 e. The van der Waals surface area contributed by atoms with E-state index < -0.39 is 6.04 Å². The van der Waals surface area contributed by atoms with Gasteiger partial charge in [-0.05, 0) is 37.0 Å². The topological polar surface area (TPSA) is 80.5 Å². The molecule has 0 saturated carbocycles. The molecule has 1 fully saturated rings. The summed E-state index contributed by atoms with van der Waals surface area (Å²) < 4.78 is 11.3. The number of benzene rings is 2. The lowest BCUT2D eigenvalue weighted by Crippen LogP contribution is -2.31. The summed E-state index contributed by atoms with van der Waals surface area (Å²) in [5, 5.41) is 11.6. The Bertz CT molecular complexity index is 967. The zero-order valence-electron chi connectivity index (χ0n) is 17.1. The number of methoxy groups -OCH3 is 1. The van der Waals surface area contributed by atoms with E-state index >= 15 is 0 Å². The highest BCUT2D eigenvalue weighted by Crippen LogP contribution is 2.25. The fraction of sp³-hybridized carbons (Fsp3) is 0.348. The van der Waals surface area contributed by atoms with E-state index in [2.05, 4.69) is 20.4 Å². The number of nitrogens with one attached hydrogen (secondary N) is 1. The number of piperidine rings is 1. The Kier molecular flexibility index (Phi) is 6.27. The quantitative estimate of drug-likeness (QED) is 0.643. The number of amides is 1. The van der Waals surface area contributed by atoms with Crippen molar-refractivity contribution in [1.82, 2.24) is 15.5 Å². The summed E-state index contributed by atoms with van der Waals surface area (Å²) in [5.74, 6) is 0.682. The Balaban J connectivity index is 1.58. The van der Waals surface area contributed by atoms with Crippen LogP contribution in [0.1, 0.15) is 47.1 Å². The molecule has 0 bridgehead atoms. The first-order valence-corrected chi connectivity index (χ1v) is 10.3. The summed E-state index contributed by atoms with van der Waals surface area (Å²) >= 11 is 0. The van der Waals surface area contributed by atoms with Crippen molar-refractivity contribution in [3.05, 3.63) is 71.6 Å². The SMILES string of the molecule is COc1ccccc1C(=O)NC(Cc1ccccc1)c1nnc(N2CCCCC2)o1. The molecule has 3 aromatic rings. The monoisotopic (exact) mass is 406 g/mol. The second-order valence-electron chi connectivity index (χ2n) is 7.39. The highest BCUT2D eigenvalue weighted by atomic mass is 16.5. The van der Waals surface area contributed by atoms with Gasteiger partial charge in [0, 0.05) is 19.5 Å². The Morgan fingerprint density at radius 1 is 1.07 bits per heavy atom. The molecule has 0 aliphatic carbocycles. The molecule has 2 aromatic carbocycles. The molecular weight excluding hydrogens is 380 g/mol. The number of carbonyl (C=O) groups excluding carboxylic acids is 1.